The second kappa shape index (κ2) is 21.7. The molecule has 14 nitrogen and oxygen atoms in total. The van der Waals surface area contributed by atoms with E-state index in [0.717, 1.165) is 27.8 Å². The smallest absolute Gasteiger partial charge is 0.417 e. The van der Waals surface area contributed by atoms with E-state index in [2.05, 4.69) is 15.6 Å². The molecular weight excluding hydrogens is 955 g/mol. The molecule has 1 unspecified atom stereocenters. The lowest BCUT2D eigenvalue weighted by Crippen LogP contribution is -2.58. The van der Waals surface area contributed by atoms with Crippen LogP contribution in [0.3, 0.4) is 0 Å². The van der Waals surface area contributed by atoms with Gasteiger partial charge in [-0.05, 0) is 123 Å². The van der Waals surface area contributed by atoms with Crippen LogP contribution in [0.15, 0.2) is 95.7 Å². The Bertz CT molecular complexity index is 2880. The topological polar surface area (TPSA) is 170 Å². The van der Waals surface area contributed by atoms with Crippen LogP contribution in [0.4, 0.5) is 28.9 Å². The van der Waals surface area contributed by atoms with E-state index in [1.165, 1.54) is 49.4 Å². The Labute approximate surface area is 420 Å². The summed E-state index contributed by atoms with van der Waals surface area (Å²) in [5, 5.41) is 14.8. The van der Waals surface area contributed by atoms with Gasteiger partial charge in [-0.3, -0.25) is 24.1 Å². The molecule has 4 amide bonds. The molecule has 2 N–H and O–H groups in total. The summed E-state index contributed by atoms with van der Waals surface area (Å²) in [5.74, 6) is -1.18. The molecular formula is C53H55F4N7O7S. The van der Waals surface area contributed by atoms with Gasteiger partial charge in [0.1, 0.15) is 35.8 Å². The molecule has 7 rings (SSSR count). The molecule has 19 heteroatoms. The van der Waals surface area contributed by atoms with Crippen molar-refractivity contribution in [2.24, 2.45) is 5.41 Å². The number of amides is 4. The molecule has 2 saturated heterocycles. The maximum atomic E-state index is 15.9. The lowest BCUT2D eigenvalue weighted by molar-refractivity contribution is -0.144. The van der Waals surface area contributed by atoms with Crippen LogP contribution in [-0.2, 0) is 36.6 Å². The number of likely N-dealkylation sites (tertiary alicyclic amines) is 1. The quantitative estimate of drug-likeness (QED) is 0.0517. The molecule has 2 atom stereocenters. The Kier molecular flexibility index (Phi) is 15.8. The van der Waals surface area contributed by atoms with Gasteiger partial charge in [-0.1, -0.05) is 63.2 Å². The van der Waals surface area contributed by atoms with Crippen molar-refractivity contribution >= 4 is 52.3 Å². The second-order valence-electron chi connectivity index (χ2n) is 19.2. The predicted molar refractivity (Wildman–Crippen MR) is 265 cm³/mol. The van der Waals surface area contributed by atoms with Crippen molar-refractivity contribution in [3.63, 3.8) is 0 Å². The number of carbonyl (C=O) groups excluding carboxylic acids is 4. The summed E-state index contributed by atoms with van der Waals surface area (Å²) < 4.78 is 74.2. The van der Waals surface area contributed by atoms with Gasteiger partial charge < -0.3 is 34.3 Å². The Hall–Kier alpha value is -7.17. The fraction of sp³-hybridized carbons (Fsp3) is 0.377. The molecule has 2 fully saturated rings. The second-order valence-corrected chi connectivity index (χ2v) is 19.6. The highest BCUT2D eigenvalue weighted by atomic mass is 32.1. The van der Waals surface area contributed by atoms with Crippen LogP contribution in [0, 0.1) is 29.5 Å². The number of aryl methyl sites for hydroxylation is 1. The lowest BCUT2D eigenvalue weighted by atomic mass is 9.85. The fourth-order valence-corrected chi connectivity index (χ4v) is 9.20. The van der Waals surface area contributed by atoms with E-state index in [4.69, 9.17) is 26.1 Å². The third kappa shape index (κ3) is 11.6. The number of ether oxygens (including phenoxy) is 2. The maximum Gasteiger partial charge on any atom is 0.417 e. The number of unbranched alkanes of at least 4 members (excludes halogenated alkanes) is 1. The van der Waals surface area contributed by atoms with Gasteiger partial charge in [0, 0.05) is 25.3 Å². The maximum absolute atomic E-state index is 15.9. The van der Waals surface area contributed by atoms with Crippen molar-refractivity contribution in [1.82, 2.24) is 20.5 Å². The normalized spacial score (nSPS) is 16.2. The first-order valence-electron chi connectivity index (χ1n) is 23.4. The Morgan fingerprint density at radius 1 is 0.958 bits per heavy atom. The van der Waals surface area contributed by atoms with Crippen LogP contribution >= 0.6 is 12.2 Å². The van der Waals surface area contributed by atoms with E-state index in [0.29, 0.717) is 67.5 Å². The van der Waals surface area contributed by atoms with Gasteiger partial charge in [0.2, 0.25) is 17.7 Å². The highest BCUT2D eigenvalue weighted by Crippen LogP contribution is 2.41. The molecule has 0 saturated carbocycles. The molecule has 5 aromatic rings. The van der Waals surface area contributed by atoms with E-state index in [1.807, 2.05) is 52.0 Å². The van der Waals surface area contributed by atoms with Gasteiger partial charge in [-0.15, -0.1) is 0 Å². The molecule has 1 aromatic heterocycles. The van der Waals surface area contributed by atoms with Gasteiger partial charge in [0.15, 0.2) is 17.3 Å². The van der Waals surface area contributed by atoms with Crippen molar-refractivity contribution < 1.29 is 50.6 Å². The summed E-state index contributed by atoms with van der Waals surface area (Å²) in [6.07, 6.45) is -1.11. The molecule has 0 radical (unpaired) electrons. The van der Waals surface area contributed by atoms with E-state index >= 15 is 4.39 Å². The van der Waals surface area contributed by atoms with Crippen molar-refractivity contribution in [3.8, 4) is 34.3 Å². The number of carbonyl (C=O) groups is 4. The average Bonchev–Trinajstić information content (AvgIpc) is 4.05. The molecule has 72 heavy (non-hydrogen) atoms. The summed E-state index contributed by atoms with van der Waals surface area (Å²) in [7, 11) is 0. The van der Waals surface area contributed by atoms with Crippen molar-refractivity contribution in [2.45, 2.75) is 97.6 Å². The van der Waals surface area contributed by atoms with Gasteiger partial charge in [0.05, 0.1) is 40.9 Å². The first-order chi connectivity index (χ1) is 34.1. The lowest BCUT2D eigenvalue weighted by Gasteiger charge is -2.35. The number of thiocarbonyl (C=S) groups is 1. The van der Waals surface area contributed by atoms with E-state index < -0.39 is 58.0 Å². The van der Waals surface area contributed by atoms with Crippen molar-refractivity contribution in [3.05, 3.63) is 120 Å². The Morgan fingerprint density at radius 3 is 2.28 bits per heavy atom. The van der Waals surface area contributed by atoms with Crippen LogP contribution < -0.4 is 25.2 Å². The number of anilines is 2. The highest BCUT2D eigenvalue weighted by Gasteiger charge is 2.51. The van der Waals surface area contributed by atoms with Crippen LogP contribution in [0.1, 0.15) is 82.7 Å². The Balaban J connectivity index is 0.845. The van der Waals surface area contributed by atoms with Crippen molar-refractivity contribution in [2.75, 3.05) is 36.2 Å². The summed E-state index contributed by atoms with van der Waals surface area (Å²) in [4.78, 5) is 61.9. The number of oxazole rings is 1. The third-order valence-corrected chi connectivity index (χ3v) is 13.0. The van der Waals surface area contributed by atoms with E-state index in [-0.39, 0.29) is 48.1 Å². The largest absolute Gasteiger partial charge is 0.494 e. The van der Waals surface area contributed by atoms with Gasteiger partial charge in [-0.25, -0.2) is 9.37 Å². The zero-order valence-electron chi connectivity index (χ0n) is 40.7. The minimum Gasteiger partial charge on any atom is -0.494 e. The molecule has 2 aliphatic rings. The van der Waals surface area contributed by atoms with Crippen LogP contribution in [0.5, 0.6) is 5.75 Å². The molecule has 378 valence electrons. The standard InChI is InChI=1S/C53H55F4N7O7S/c1-32-45(71-31-60-32)35-13-11-33(12-14-35)29-59-47(66)43-10-9-23-62(43)48(67)46(51(2,3)4)61-44(65)30-69-24-7-8-25-70-39-20-16-34(17-21-39)36-18-22-42(41(54)26-36)64-50(72)63(49(68)52(64,5)6)38-19-15-37(28-58)40(27-38)53(55,56)57/h11-22,26-27,31,43,46H,7-10,23-25,29-30H2,1-6H3,(H,59,66)(H,61,65)/t43-,46?/m0/s1. The number of hydrogen-bond donors (Lipinski definition) is 2. The molecule has 0 spiro atoms. The zero-order valence-corrected chi connectivity index (χ0v) is 41.5. The van der Waals surface area contributed by atoms with Gasteiger partial charge in [0.25, 0.3) is 5.91 Å². The monoisotopic (exact) mass is 1010 g/mol. The number of rotatable bonds is 17. The zero-order chi connectivity index (χ0) is 52.1. The number of benzene rings is 4. The van der Waals surface area contributed by atoms with Gasteiger partial charge >= 0.3 is 6.18 Å². The predicted octanol–water partition coefficient (Wildman–Crippen LogP) is 9.28. The summed E-state index contributed by atoms with van der Waals surface area (Å²) in [6, 6.07) is 21.8. The molecule has 3 heterocycles. The van der Waals surface area contributed by atoms with Crippen LogP contribution in [0.25, 0.3) is 22.5 Å². The van der Waals surface area contributed by atoms with E-state index in [1.54, 1.807) is 35.2 Å². The molecule has 4 aromatic carbocycles. The Morgan fingerprint density at radius 2 is 1.64 bits per heavy atom. The SMILES string of the molecule is Cc1ncoc1-c1ccc(CNC(=O)[C@@H]2CCCN2C(=O)C(NC(=O)COCCCCOc2ccc(-c3ccc(N4C(=S)N(c5ccc(C#N)c(C(F)(F)F)c5)C(=O)C4(C)C)c(F)c3)cc2)C(C)(C)C)cc1. The highest BCUT2D eigenvalue weighted by molar-refractivity contribution is 7.81. The number of nitriles is 1. The van der Waals surface area contributed by atoms with E-state index in [9.17, 15) is 37.6 Å². The van der Waals surface area contributed by atoms with Crippen molar-refractivity contribution in [1.29, 1.82) is 5.26 Å². The average molecular weight is 1010 g/mol. The fourth-order valence-electron chi connectivity index (χ4n) is 8.68. The molecule has 0 aliphatic carbocycles. The number of alkyl halides is 3. The minimum absolute atomic E-state index is 0.0489. The van der Waals surface area contributed by atoms with Gasteiger partial charge in [-0.2, -0.15) is 18.4 Å². The number of aromatic nitrogens is 1. The minimum atomic E-state index is -4.86. The summed E-state index contributed by atoms with van der Waals surface area (Å²) in [6.45, 7) is 11.4. The number of nitrogens with one attached hydrogen (secondary N) is 2. The molecule has 2 aliphatic heterocycles. The van der Waals surface area contributed by atoms with Crippen LogP contribution in [0.2, 0.25) is 0 Å². The summed E-state index contributed by atoms with van der Waals surface area (Å²) >= 11 is 5.57. The van der Waals surface area contributed by atoms with Crippen LogP contribution in [-0.4, -0.2) is 82.6 Å². The summed E-state index contributed by atoms with van der Waals surface area (Å²) in [5.41, 5.74) is -0.498. The number of hydrogen-bond acceptors (Lipinski definition) is 10. The first-order valence-corrected chi connectivity index (χ1v) is 23.8. The number of nitrogens with zero attached hydrogens (tertiary/aromatic N) is 5. The number of halogens is 4. The third-order valence-electron chi connectivity index (χ3n) is 12.6. The molecule has 0 bridgehead atoms. The first kappa shape index (κ1) is 52.6.